The molecule has 0 unspecified atom stereocenters. The average Bonchev–Trinajstić information content (AvgIpc) is 3.28. The maximum Gasteiger partial charge on any atom is 0.259 e. The molecule has 0 saturated heterocycles. The van der Waals surface area contributed by atoms with Gasteiger partial charge in [0, 0.05) is 25.5 Å². The van der Waals surface area contributed by atoms with E-state index in [4.69, 9.17) is 25.8 Å². The van der Waals surface area contributed by atoms with Crippen LogP contribution in [-0.2, 0) is 16.0 Å². The minimum atomic E-state index is -0.147. The van der Waals surface area contributed by atoms with E-state index in [0.717, 1.165) is 11.3 Å². The number of hydrogen-bond acceptors (Lipinski definition) is 5. The number of anilines is 1. The zero-order valence-corrected chi connectivity index (χ0v) is 16.5. The third-order valence-corrected chi connectivity index (χ3v) is 4.62. The molecule has 0 atom stereocenters. The van der Waals surface area contributed by atoms with E-state index >= 15 is 0 Å². The first-order valence-electron chi connectivity index (χ1n) is 8.79. The third-order valence-electron chi connectivity index (χ3n) is 4.33. The Balaban J connectivity index is 1.38. The minimum Gasteiger partial charge on any atom is -0.490 e. The van der Waals surface area contributed by atoms with Crippen molar-refractivity contribution in [2.75, 3.05) is 45.8 Å². The van der Waals surface area contributed by atoms with Crippen LogP contribution in [0, 0.1) is 0 Å². The number of aromatic amines is 1. The second-order valence-electron chi connectivity index (χ2n) is 6.28. The van der Waals surface area contributed by atoms with Crippen molar-refractivity contribution in [2.24, 2.45) is 0 Å². The van der Waals surface area contributed by atoms with Crippen molar-refractivity contribution in [2.45, 2.75) is 6.42 Å². The van der Waals surface area contributed by atoms with Gasteiger partial charge in [0.15, 0.2) is 0 Å². The normalized spacial score (nSPS) is 12.5. The molecule has 0 aliphatic carbocycles. The first-order valence-corrected chi connectivity index (χ1v) is 9.17. The van der Waals surface area contributed by atoms with Gasteiger partial charge < -0.3 is 29.4 Å². The van der Waals surface area contributed by atoms with Crippen LogP contribution in [0.15, 0.2) is 24.4 Å². The number of hydrogen-bond donors (Lipinski definition) is 2. The lowest BCUT2D eigenvalue weighted by molar-refractivity contribution is -0.115. The number of amides is 2. The molecule has 3 rings (SSSR count). The van der Waals surface area contributed by atoms with Crippen molar-refractivity contribution in [3.63, 3.8) is 0 Å². The Kier molecular flexibility index (Phi) is 6.43. The maximum atomic E-state index is 12.3. The molecule has 2 aromatic rings. The largest absolute Gasteiger partial charge is 0.490 e. The van der Waals surface area contributed by atoms with Crippen molar-refractivity contribution < 1.29 is 23.8 Å². The standard InChI is InChI=1S/C19H22ClN3O5/c1-23(19(25)13-3-4-21-18(13)26-2)5-6-27-7-8-28-16-9-12-10-17(24)22-15(12)11-14(16)20/h3-4,9,11,21H,5-8,10H2,1-2H3,(H,22,24). The fourth-order valence-electron chi connectivity index (χ4n) is 2.85. The molecule has 0 radical (unpaired) electrons. The first-order chi connectivity index (χ1) is 13.5. The first kappa shape index (κ1) is 20.0. The molecule has 150 valence electrons. The fraction of sp³-hybridized carbons (Fsp3) is 0.368. The number of methoxy groups -OCH3 is 1. The molecule has 2 N–H and O–H groups in total. The molecule has 2 amide bonds. The van der Waals surface area contributed by atoms with E-state index in [1.54, 1.807) is 36.3 Å². The topological polar surface area (TPSA) is 92.9 Å². The van der Waals surface area contributed by atoms with Crippen LogP contribution < -0.4 is 14.8 Å². The van der Waals surface area contributed by atoms with E-state index in [2.05, 4.69) is 10.3 Å². The molecule has 0 bridgehead atoms. The predicted molar refractivity (Wildman–Crippen MR) is 104 cm³/mol. The lowest BCUT2D eigenvalue weighted by atomic mass is 10.1. The smallest absolute Gasteiger partial charge is 0.259 e. The van der Waals surface area contributed by atoms with E-state index in [9.17, 15) is 9.59 Å². The van der Waals surface area contributed by atoms with Crippen molar-refractivity contribution >= 4 is 29.1 Å². The Labute approximate surface area is 167 Å². The number of benzene rings is 1. The Bertz CT molecular complexity index is 867. The number of nitrogens with one attached hydrogen (secondary N) is 2. The predicted octanol–water partition coefficient (Wildman–Crippen LogP) is 2.34. The molecular formula is C19H22ClN3O5. The molecule has 0 saturated carbocycles. The van der Waals surface area contributed by atoms with Crippen molar-refractivity contribution in [3.8, 4) is 11.6 Å². The van der Waals surface area contributed by atoms with Crippen LogP contribution in [0.2, 0.25) is 5.02 Å². The number of ether oxygens (including phenoxy) is 3. The van der Waals surface area contributed by atoms with Gasteiger partial charge in [0.1, 0.15) is 17.9 Å². The zero-order chi connectivity index (χ0) is 20.1. The van der Waals surface area contributed by atoms with Crippen LogP contribution >= 0.6 is 11.6 Å². The summed E-state index contributed by atoms with van der Waals surface area (Å²) in [5.41, 5.74) is 2.07. The second kappa shape index (κ2) is 8.99. The number of fused-ring (bicyclic) bond motifs is 1. The van der Waals surface area contributed by atoms with Gasteiger partial charge in [-0.05, 0) is 23.8 Å². The summed E-state index contributed by atoms with van der Waals surface area (Å²) < 4.78 is 16.3. The highest BCUT2D eigenvalue weighted by atomic mass is 35.5. The maximum absolute atomic E-state index is 12.3. The molecule has 9 heteroatoms. The highest BCUT2D eigenvalue weighted by molar-refractivity contribution is 6.32. The Morgan fingerprint density at radius 1 is 1.29 bits per heavy atom. The Hall–Kier alpha value is -2.71. The molecule has 28 heavy (non-hydrogen) atoms. The molecule has 2 heterocycles. The lowest BCUT2D eigenvalue weighted by Gasteiger charge is -2.17. The van der Waals surface area contributed by atoms with E-state index in [0.29, 0.717) is 55.0 Å². The Morgan fingerprint density at radius 3 is 2.89 bits per heavy atom. The number of nitrogens with zero attached hydrogens (tertiary/aromatic N) is 1. The van der Waals surface area contributed by atoms with E-state index in [-0.39, 0.29) is 11.8 Å². The van der Waals surface area contributed by atoms with Gasteiger partial charge in [0.2, 0.25) is 11.8 Å². The quantitative estimate of drug-likeness (QED) is 0.622. The van der Waals surface area contributed by atoms with E-state index < -0.39 is 0 Å². The molecule has 1 aliphatic heterocycles. The molecule has 1 aromatic heterocycles. The molecule has 1 aromatic carbocycles. The molecule has 1 aliphatic rings. The van der Waals surface area contributed by atoms with Gasteiger partial charge in [-0.15, -0.1) is 0 Å². The zero-order valence-electron chi connectivity index (χ0n) is 15.7. The summed E-state index contributed by atoms with van der Waals surface area (Å²) in [6.45, 7) is 1.46. The molecule has 8 nitrogen and oxygen atoms in total. The number of carbonyl (C=O) groups excluding carboxylic acids is 2. The van der Waals surface area contributed by atoms with Gasteiger partial charge in [-0.25, -0.2) is 0 Å². The van der Waals surface area contributed by atoms with Crippen LogP contribution in [0.5, 0.6) is 11.6 Å². The van der Waals surface area contributed by atoms with Crippen LogP contribution in [0.3, 0.4) is 0 Å². The summed E-state index contributed by atoms with van der Waals surface area (Å²) in [5, 5.41) is 3.18. The summed E-state index contributed by atoms with van der Waals surface area (Å²) in [5.74, 6) is 0.759. The van der Waals surface area contributed by atoms with Crippen molar-refractivity contribution in [1.29, 1.82) is 0 Å². The number of carbonyl (C=O) groups is 2. The minimum absolute atomic E-state index is 0.0533. The Morgan fingerprint density at radius 2 is 2.11 bits per heavy atom. The molecule has 0 fully saturated rings. The second-order valence-corrected chi connectivity index (χ2v) is 6.68. The highest BCUT2D eigenvalue weighted by Crippen LogP contribution is 2.34. The number of likely N-dealkylation sites (N-methyl/N-ethyl adjacent to an activating group) is 1. The van der Waals surface area contributed by atoms with E-state index in [1.165, 1.54) is 7.11 Å². The number of rotatable bonds is 9. The summed E-state index contributed by atoms with van der Waals surface area (Å²) in [4.78, 5) is 28.2. The number of H-pyrrole nitrogens is 1. The summed E-state index contributed by atoms with van der Waals surface area (Å²) >= 11 is 6.17. The summed E-state index contributed by atoms with van der Waals surface area (Å²) in [6, 6.07) is 5.13. The van der Waals surface area contributed by atoms with Gasteiger partial charge in [-0.2, -0.15) is 0 Å². The SMILES string of the molecule is COc1[nH]ccc1C(=O)N(C)CCOCCOc1cc2c(cc1Cl)NC(=O)C2. The van der Waals surface area contributed by atoms with Crippen molar-refractivity contribution in [3.05, 3.63) is 40.5 Å². The highest BCUT2D eigenvalue weighted by Gasteiger charge is 2.20. The third kappa shape index (κ3) is 4.58. The monoisotopic (exact) mass is 407 g/mol. The average molecular weight is 408 g/mol. The number of halogens is 1. The lowest BCUT2D eigenvalue weighted by Crippen LogP contribution is -2.30. The van der Waals surface area contributed by atoms with Gasteiger partial charge in [0.25, 0.3) is 5.91 Å². The van der Waals surface area contributed by atoms with Crippen LogP contribution in [0.25, 0.3) is 0 Å². The van der Waals surface area contributed by atoms with Gasteiger partial charge in [-0.3, -0.25) is 9.59 Å². The fourth-order valence-corrected chi connectivity index (χ4v) is 3.07. The van der Waals surface area contributed by atoms with E-state index in [1.807, 2.05) is 0 Å². The summed E-state index contributed by atoms with van der Waals surface area (Å²) in [7, 11) is 3.21. The van der Waals surface area contributed by atoms with Gasteiger partial charge in [-0.1, -0.05) is 11.6 Å². The van der Waals surface area contributed by atoms with Crippen LogP contribution in [-0.4, -0.2) is 62.2 Å². The van der Waals surface area contributed by atoms with Crippen LogP contribution in [0.4, 0.5) is 5.69 Å². The van der Waals surface area contributed by atoms with Crippen LogP contribution in [0.1, 0.15) is 15.9 Å². The van der Waals surface area contributed by atoms with Gasteiger partial charge in [0.05, 0.1) is 31.8 Å². The molecule has 0 spiro atoms. The van der Waals surface area contributed by atoms with Crippen molar-refractivity contribution in [1.82, 2.24) is 9.88 Å². The summed E-state index contributed by atoms with van der Waals surface area (Å²) in [6.07, 6.45) is 1.98. The van der Waals surface area contributed by atoms with Gasteiger partial charge >= 0.3 is 0 Å². The number of aromatic nitrogens is 1. The molecular weight excluding hydrogens is 386 g/mol.